The van der Waals surface area contributed by atoms with Crippen LogP contribution in [0.15, 0.2) is 0 Å². The van der Waals surface area contributed by atoms with Gasteiger partial charge in [0.15, 0.2) is 69.0 Å². The van der Waals surface area contributed by atoms with Crippen LogP contribution in [-0.2, 0) is 124 Å². The molecule has 10 aliphatic rings. The molecule has 0 saturated carbocycles. The minimum Gasteiger partial charge on any atom is -0.479 e. The van der Waals surface area contributed by atoms with E-state index >= 15 is 0 Å². The van der Waals surface area contributed by atoms with Gasteiger partial charge in [-0.25, -0.2) is 8.98 Å². The number of aliphatic hydroxyl groups is 25. The average Bonchev–Trinajstić information content (AvgIpc) is 0.755. The van der Waals surface area contributed by atoms with Crippen molar-refractivity contribution < 1.29 is 259 Å². The maximum Gasteiger partial charge on any atom is 0.397 e. The Kier molecular flexibility index (Phi) is 35.3. The van der Waals surface area contributed by atoms with Crippen LogP contribution in [0.2, 0.25) is 0 Å². The number of aliphatic carboxylic acids is 1. The summed E-state index contributed by atoms with van der Waals surface area (Å²) < 4.78 is 151. The molecule has 56 nitrogen and oxygen atoms in total. The molecule has 10 fully saturated rings. The van der Waals surface area contributed by atoms with Gasteiger partial charge < -0.3 is 239 Å². The number of hydrogen-bond acceptors (Lipinski definition) is 51. The predicted molar refractivity (Wildman–Crippen MR) is 373 cm³/mol. The molecule has 0 radical (unpaired) electrons. The largest absolute Gasteiger partial charge is 0.479 e. The Morgan fingerprint density at radius 3 is 1.11 bits per heavy atom. The first-order chi connectivity index (χ1) is 57.8. The van der Waals surface area contributed by atoms with Gasteiger partial charge in [-0.2, -0.15) is 8.42 Å². The number of rotatable bonds is 31. The number of carboxylic acid groups (broad SMARTS) is 1. The molecule has 123 heavy (non-hydrogen) atoms. The first-order valence-corrected chi connectivity index (χ1v) is 39.9. The van der Waals surface area contributed by atoms with E-state index in [1.165, 1.54) is 6.92 Å². The van der Waals surface area contributed by atoms with E-state index in [2.05, 4.69) is 20.1 Å². The van der Waals surface area contributed by atoms with Crippen molar-refractivity contribution in [1.82, 2.24) is 16.0 Å². The Bertz CT molecular complexity index is 3510. The van der Waals surface area contributed by atoms with Gasteiger partial charge in [0.25, 0.3) is 0 Å². The lowest BCUT2D eigenvalue weighted by Gasteiger charge is -2.53. The zero-order valence-corrected chi connectivity index (χ0v) is 66.2. The first kappa shape index (κ1) is 101. The quantitative estimate of drug-likeness (QED) is 0.0287. The van der Waals surface area contributed by atoms with Crippen LogP contribution in [0.5, 0.6) is 0 Å². The van der Waals surface area contributed by atoms with Crippen molar-refractivity contribution in [2.45, 2.75) is 341 Å². The summed E-state index contributed by atoms with van der Waals surface area (Å²) >= 11 is 0. The number of ether oxygens (including phenoxy) is 19. The van der Waals surface area contributed by atoms with Gasteiger partial charge in [-0.3, -0.25) is 18.9 Å². The van der Waals surface area contributed by atoms with Crippen LogP contribution in [0, 0.1) is 0 Å². The van der Waals surface area contributed by atoms with Gasteiger partial charge in [0.1, 0.15) is 226 Å². The van der Waals surface area contributed by atoms with Crippen LogP contribution < -0.4 is 16.0 Å². The fourth-order valence-electron chi connectivity index (χ4n) is 15.5. The standard InChI is InChI=1S/C66H109N3O53S/c1-13-28(78)35(85)41(91)60(105-13)116-50-26(68-16(4)76)58(113-24(34(50)84)12-104-123(100,101)102)103-11-23-33(83)49(25(57(99)107-23)67-15(3)75)118-66-55(122-61-42(92)36(86)29(79)14(2)106-61)54(121-65-46(96)52(32(82)20(8-72)110-65)119-64-44(94)38(88)39(89)53(120-64)56(97)98)48(22(10-74)112-66)115-63-45(95)40(90)47(21(9-73)111-63)114-59-27(69-17(5)77)51(31(81)19(7-71)108-59)117-62-43(93)37(87)30(80)18(6-70)109-62/h13-14,18-55,57-66,70-74,78-96,99H,6-12H2,1-5H3,(H,67,75)(H,68,76)(H,69,77)(H,97,98)(H,100,101,102)/t13-,14-,18+,19+,20+,21+,22+,23+,24+,25+,26+,27+,28+,29+,30-,31-,32-,33-,34+,35+,36+,37-,38-,39-,40+,41-,42-,43+,44+,45+,46-,47-,48-,49+,50+,51+,52-,53-,54-,55+,57?,58+,59+,60-,61-,62-,63-,64+,65-,66-/m0/s1. The highest BCUT2D eigenvalue weighted by Gasteiger charge is 2.63. The zero-order chi connectivity index (χ0) is 90.9. The van der Waals surface area contributed by atoms with Crippen LogP contribution in [0.3, 0.4) is 0 Å². The Morgan fingerprint density at radius 2 is 0.618 bits per heavy atom. The molecule has 50 atom stereocenters. The second kappa shape index (κ2) is 42.9. The molecular formula is C66H109N3O53S. The van der Waals surface area contributed by atoms with E-state index in [0.29, 0.717) is 0 Å². The van der Waals surface area contributed by atoms with Gasteiger partial charge in [-0.1, -0.05) is 0 Å². The zero-order valence-electron chi connectivity index (χ0n) is 65.4. The third kappa shape index (κ3) is 22.6. The van der Waals surface area contributed by atoms with Gasteiger partial charge in [0, 0.05) is 20.8 Å². The third-order valence-corrected chi connectivity index (χ3v) is 22.6. The van der Waals surface area contributed by atoms with Crippen LogP contribution in [0.1, 0.15) is 34.6 Å². The van der Waals surface area contributed by atoms with E-state index in [1.807, 2.05) is 0 Å². The highest BCUT2D eigenvalue weighted by molar-refractivity contribution is 7.80. The van der Waals surface area contributed by atoms with E-state index in [0.717, 1.165) is 27.7 Å². The topological polar surface area (TPSA) is 869 Å². The van der Waals surface area contributed by atoms with E-state index in [1.54, 1.807) is 0 Å². The van der Waals surface area contributed by atoms with Gasteiger partial charge in [-0.15, -0.1) is 0 Å². The molecule has 10 heterocycles. The van der Waals surface area contributed by atoms with Crippen molar-refractivity contribution in [3.8, 4) is 0 Å². The summed E-state index contributed by atoms with van der Waals surface area (Å²) in [6.45, 7) is -3.69. The number of carboxylic acids is 1. The maximum absolute atomic E-state index is 13.2. The molecular weight excluding hydrogens is 1710 g/mol. The fraction of sp³-hybridized carbons (Fsp3) is 0.939. The lowest BCUT2D eigenvalue weighted by atomic mass is 9.93. The van der Waals surface area contributed by atoms with Gasteiger partial charge in [0.2, 0.25) is 17.7 Å². The second-order valence-electron chi connectivity index (χ2n) is 30.8. The van der Waals surface area contributed by atoms with Crippen molar-refractivity contribution in [2.24, 2.45) is 0 Å². The van der Waals surface area contributed by atoms with Gasteiger partial charge in [0.05, 0.1) is 58.5 Å². The molecule has 3 amide bonds. The number of carbonyl (C=O) groups excluding carboxylic acids is 3. The summed E-state index contributed by atoms with van der Waals surface area (Å²) in [7, 11) is -5.40. The Morgan fingerprint density at radius 1 is 0.293 bits per heavy atom. The number of nitrogens with one attached hydrogen (secondary N) is 3. The molecule has 0 spiro atoms. The Balaban J connectivity index is 1.04. The number of aliphatic hydroxyl groups excluding tert-OH is 25. The van der Waals surface area contributed by atoms with Crippen molar-refractivity contribution in [1.29, 1.82) is 0 Å². The maximum atomic E-state index is 13.2. The molecule has 0 aliphatic carbocycles. The Hall–Kier alpha value is -4.01. The summed E-state index contributed by atoms with van der Waals surface area (Å²) in [6, 6.07) is -5.94. The van der Waals surface area contributed by atoms with Crippen molar-refractivity contribution in [3.05, 3.63) is 0 Å². The highest BCUT2D eigenvalue weighted by atomic mass is 32.3. The molecule has 1 unspecified atom stereocenters. The molecule has 10 rings (SSSR count). The van der Waals surface area contributed by atoms with Crippen molar-refractivity contribution in [3.63, 3.8) is 0 Å². The normalized spacial score (nSPS) is 49.6. The summed E-state index contributed by atoms with van der Waals surface area (Å²) in [5, 5.41) is 298. The van der Waals surface area contributed by atoms with Crippen LogP contribution in [-0.4, -0.2) is 523 Å². The molecule has 0 aromatic rings. The third-order valence-electron chi connectivity index (χ3n) is 22.2. The van der Waals surface area contributed by atoms with E-state index in [4.69, 9.17) is 90.0 Å². The predicted octanol–water partition coefficient (Wildman–Crippen LogP) is -20.4. The molecule has 10 aliphatic heterocycles. The molecule has 57 heteroatoms. The summed E-state index contributed by atoms with van der Waals surface area (Å²) in [4.78, 5) is 51.5. The minimum atomic E-state index is -5.40. The number of hydrogen-bond donors (Lipinski definition) is 30. The van der Waals surface area contributed by atoms with E-state index in [-0.39, 0.29) is 0 Å². The fourth-order valence-corrected chi connectivity index (χ4v) is 15.8. The number of carbonyl (C=O) groups is 4. The SMILES string of the molecule is CC(=O)N[C@H]1[C@@H](O[C@@H]2[C@H](O)[C@@H](O)[C@H](O[C@@H]3[C@H](O[C@@H]4O[C@H](CO)[C@H](O)[C@H](O[C@@H]5O[C@H](C(=O)O)[C@@H](O)[C@H](O)[C@H]5O)[C@@H]4O)[C@@H](O[C@@H]4O[C@@H](C)[C@@H](O)[C@@H](O)[C@@H]4O)[C@H](O[C@H]4[C@@H](O)[C@@H](CO[C@@H]5O[C@H](COS(=O)(=O)O)[C@@H](O)[C@H](O[C@@H]6O[C@@H](C)[C@@H](O)[C@@H](O)[C@@H]6O)[C@H]5NC(C)=O)OC(O)[C@@H]4NC(C)=O)O[C@@H]3CO)O[C@@H]2CO)O[C@H](CO)[C@H](O)[C@@H]1O[C@@H]1O[C@H](CO)[C@H](O)[C@H](O)[C@H]1O. The summed E-state index contributed by atoms with van der Waals surface area (Å²) in [6.07, 6.45) is -105. The Labute approximate surface area is 694 Å². The highest BCUT2D eigenvalue weighted by Crippen LogP contribution is 2.42. The number of amides is 3. The van der Waals surface area contributed by atoms with Gasteiger partial charge >= 0.3 is 16.4 Å². The summed E-state index contributed by atoms with van der Waals surface area (Å²) in [5.41, 5.74) is 0. The second-order valence-corrected chi connectivity index (χ2v) is 31.9. The molecule has 30 N–H and O–H groups in total. The monoisotopic (exact) mass is 1820 g/mol. The molecule has 0 aromatic heterocycles. The molecule has 0 bridgehead atoms. The van der Waals surface area contributed by atoms with E-state index < -0.39 is 387 Å². The molecule has 712 valence electrons. The molecule has 10 saturated heterocycles. The summed E-state index contributed by atoms with van der Waals surface area (Å²) in [5.74, 6) is -4.96. The lowest BCUT2D eigenvalue weighted by Crippen LogP contribution is -2.71. The first-order valence-electron chi connectivity index (χ1n) is 38.5. The van der Waals surface area contributed by atoms with Crippen LogP contribution in [0.25, 0.3) is 0 Å². The van der Waals surface area contributed by atoms with Gasteiger partial charge in [-0.05, 0) is 13.8 Å². The average molecular weight is 1820 g/mol. The lowest BCUT2D eigenvalue weighted by molar-refractivity contribution is -0.420. The van der Waals surface area contributed by atoms with E-state index in [9.17, 15) is 165 Å². The minimum absolute atomic E-state index is 0.864. The van der Waals surface area contributed by atoms with Crippen LogP contribution >= 0.6 is 0 Å². The smallest absolute Gasteiger partial charge is 0.397 e. The van der Waals surface area contributed by atoms with Crippen molar-refractivity contribution >= 4 is 34.1 Å². The van der Waals surface area contributed by atoms with Crippen LogP contribution in [0.4, 0.5) is 0 Å². The van der Waals surface area contributed by atoms with Crippen molar-refractivity contribution in [2.75, 3.05) is 46.2 Å². The molecule has 0 aromatic carbocycles.